The molecule has 6 unspecified atom stereocenters. The van der Waals surface area contributed by atoms with Gasteiger partial charge in [0, 0.05) is 104 Å². The van der Waals surface area contributed by atoms with Crippen LogP contribution >= 0.6 is 0 Å². The summed E-state index contributed by atoms with van der Waals surface area (Å²) < 4.78 is 27.8. The summed E-state index contributed by atoms with van der Waals surface area (Å²) in [4.78, 5) is 11.1. The van der Waals surface area contributed by atoms with Crippen LogP contribution in [0.2, 0.25) is 0 Å². The molecule has 6 atom stereocenters. The SMILES string of the molecule is CC1CC2CCCC(C1)N2O.CC1CC2CCCC(C1)N2O.O=C1CC2CCCC(C1)N2O.ON1C2CC3(F)CC1CC(F)(C2)C3.ON1C2CC3CC(C2)CC1C3.ON1C2CC3CC1CC3C2.ON1C2CCCC1CCC2. The summed E-state index contributed by atoms with van der Waals surface area (Å²) in [7, 11) is 0. The maximum absolute atomic E-state index is 13.9. The van der Waals surface area contributed by atoms with Crippen molar-refractivity contribution in [3.05, 3.63) is 0 Å². The van der Waals surface area contributed by atoms with Gasteiger partial charge in [-0.1, -0.05) is 46.0 Å². The summed E-state index contributed by atoms with van der Waals surface area (Å²) in [6, 6.07) is 4.81. The smallest absolute Gasteiger partial charge is 0.136 e. The van der Waals surface area contributed by atoms with E-state index in [1.54, 1.807) is 25.3 Å². The van der Waals surface area contributed by atoms with Crippen LogP contribution in [0.5, 0.6) is 0 Å². The van der Waals surface area contributed by atoms with Gasteiger partial charge >= 0.3 is 0 Å². The van der Waals surface area contributed by atoms with E-state index < -0.39 is 11.3 Å². The van der Waals surface area contributed by atoms with Crippen molar-refractivity contribution in [1.82, 2.24) is 35.4 Å². The average molecular weight is 1090 g/mol. The molecule has 20 rings (SSSR count). The van der Waals surface area contributed by atoms with E-state index in [0.29, 0.717) is 105 Å². The van der Waals surface area contributed by atoms with Crippen LogP contribution in [0.15, 0.2) is 0 Å². The van der Waals surface area contributed by atoms with Crippen molar-refractivity contribution in [3.8, 4) is 0 Å². The molecule has 14 aliphatic heterocycles. The highest BCUT2D eigenvalue weighted by atomic mass is 19.2. The molecular formula is C60H103F2N7O8. The lowest BCUT2D eigenvalue weighted by atomic mass is 9.61. The van der Waals surface area contributed by atoms with E-state index in [2.05, 4.69) is 13.8 Å². The monoisotopic (exact) mass is 1090 g/mol. The molecular weight excluding hydrogens is 985 g/mol. The predicted octanol–water partition coefficient (Wildman–Crippen LogP) is 11.5. The van der Waals surface area contributed by atoms with E-state index in [1.807, 2.05) is 0 Å². The first-order chi connectivity index (χ1) is 36.9. The van der Waals surface area contributed by atoms with Crippen molar-refractivity contribution in [1.29, 1.82) is 0 Å². The first kappa shape index (κ1) is 57.8. The van der Waals surface area contributed by atoms with E-state index in [-0.39, 0.29) is 30.6 Å². The molecule has 0 amide bonds. The number of rotatable bonds is 0. The molecule has 14 heterocycles. The maximum Gasteiger partial charge on any atom is 0.136 e. The second kappa shape index (κ2) is 24.3. The number of fused-ring (bicyclic) bond motifs is 8. The summed E-state index contributed by atoms with van der Waals surface area (Å²) in [6.45, 7) is 4.61. The van der Waals surface area contributed by atoms with Gasteiger partial charge in [-0.2, -0.15) is 35.4 Å². The van der Waals surface area contributed by atoms with Gasteiger partial charge in [0.25, 0.3) is 0 Å². The Morgan fingerprint density at radius 1 is 0.338 bits per heavy atom. The number of carbonyl (C=O) groups is 1. The number of alkyl halides is 2. The van der Waals surface area contributed by atoms with Crippen molar-refractivity contribution in [3.63, 3.8) is 0 Å². The van der Waals surface area contributed by atoms with Gasteiger partial charge in [0.05, 0.1) is 0 Å². The number of nitrogens with zero attached hydrogens (tertiary/aromatic N) is 7. The van der Waals surface area contributed by atoms with Gasteiger partial charge in [-0.05, 0) is 209 Å². The zero-order chi connectivity index (χ0) is 53.9. The standard InChI is InChI=1S/C9H13F2NO.C9H15NO.2C9H17NO.C8H13NO2.C8H13NO.C8H15NO/c10-8-1-6-2-9(11,5-8)4-7(3-8)12(6)13;11-10-8-2-6-1-7(4-8)5-9(10)3-6;2*1-7-5-8-3-2-4-9(6-7)10(8)11;10-8-4-6-2-1-3-7(5-8)9(6)11;10-9-7-1-5-2-8(9)4-6(5)3-7;10-9-7-3-1-4-8(9)6-2-5-7/h6-7,13H,1-5H2;6-9,11H,1-5H2;2*7-9,11H,2-6H2,1H3;6-7,11H,1-5H2;5-8,10H,1-4H2;7-8,10H,1-6H2. The van der Waals surface area contributed by atoms with E-state index in [9.17, 15) is 50.0 Å². The van der Waals surface area contributed by atoms with Crippen LogP contribution in [0.3, 0.4) is 0 Å². The van der Waals surface area contributed by atoms with Crippen LogP contribution < -0.4 is 0 Å². The van der Waals surface area contributed by atoms with Crippen molar-refractivity contribution in [2.75, 3.05) is 0 Å². The molecule has 0 aromatic carbocycles. The fourth-order valence-corrected chi connectivity index (χ4v) is 20.0. The minimum atomic E-state index is -1.33. The molecule has 20 aliphatic rings. The number of hydroxylamine groups is 14. The average Bonchev–Trinajstić information content (AvgIpc) is 3.97. The van der Waals surface area contributed by atoms with Crippen LogP contribution in [0.4, 0.5) is 8.78 Å². The highest BCUT2D eigenvalue weighted by Crippen LogP contribution is 2.56. The second-order valence-electron chi connectivity index (χ2n) is 29.2. The molecule has 20 bridgehead atoms. The van der Waals surface area contributed by atoms with Gasteiger partial charge in [-0.15, -0.1) is 0 Å². The summed E-state index contributed by atoms with van der Waals surface area (Å²) in [5.74, 6) is 5.87. The van der Waals surface area contributed by atoms with Crippen LogP contribution in [-0.2, 0) is 4.79 Å². The number of piperidine rings is 14. The molecule has 440 valence electrons. The third-order valence-electron chi connectivity index (χ3n) is 23.3. The van der Waals surface area contributed by atoms with E-state index >= 15 is 0 Å². The number of hydrogen-bond acceptors (Lipinski definition) is 15. The highest BCUT2D eigenvalue weighted by Gasteiger charge is 2.62. The Morgan fingerprint density at radius 3 is 0.935 bits per heavy atom. The molecule has 17 heteroatoms. The molecule has 0 aromatic heterocycles. The summed E-state index contributed by atoms with van der Waals surface area (Å²) in [5, 5.41) is 77.8. The zero-order valence-electron chi connectivity index (χ0n) is 47.2. The normalized spacial score (nSPS) is 49.8. The fourth-order valence-electron chi connectivity index (χ4n) is 20.0. The molecule has 0 spiro atoms. The van der Waals surface area contributed by atoms with E-state index in [4.69, 9.17) is 0 Å². The van der Waals surface area contributed by atoms with Crippen molar-refractivity contribution < 1.29 is 50.0 Å². The number of ketones is 1. The van der Waals surface area contributed by atoms with Crippen LogP contribution in [-0.4, -0.2) is 174 Å². The maximum atomic E-state index is 13.9. The highest BCUT2D eigenvalue weighted by molar-refractivity contribution is 5.80. The second-order valence-corrected chi connectivity index (χ2v) is 29.2. The number of hydrogen-bond donors (Lipinski definition) is 7. The molecule has 6 saturated carbocycles. The molecule has 77 heavy (non-hydrogen) atoms. The van der Waals surface area contributed by atoms with E-state index in [0.717, 1.165) is 48.3 Å². The Hall–Kier alpha value is -1.03. The van der Waals surface area contributed by atoms with Gasteiger partial charge in [0.2, 0.25) is 0 Å². The number of carbonyl (C=O) groups excluding carboxylic acids is 1. The summed E-state index contributed by atoms with van der Waals surface area (Å²) >= 11 is 0. The summed E-state index contributed by atoms with van der Waals surface area (Å²) in [5.41, 5.74) is -2.67. The molecule has 0 aromatic rings. The van der Waals surface area contributed by atoms with Crippen molar-refractivity contribution >= 4 is 5.78 Å². The fraction of sp³-hybridized carbons (Fsp3) is 0.983. The van der Waals surface area contributed by atoms with Gasteiger partial charge < -0.3 is 36.5 Å². The quantitative estimate of drug-likeness (QED) is 0.122. The first-order valence-electron chi connectivity index (χ1n) is 32.1. The summed E-state index contributed by atoms with van der Waals surface area (Å²) in [6.07, 6.45) is 37.0. The lowest BCUT2D eigenvalue weighted by Crippen LogP contribution is -2.66. The molecule has 7 N–H and O–H groups in total. The first-order valence-corrected chi connectivity index (χ1v) is 32.1. The number of Topliss-reactive ketones (excluding diaryl/α,β-unsaturated/α-hetero) is 1. The van der Waals surface area contributed by atoms with Crippen LogP contribution in [0.25, 0.3) is 0 Å². The Bertz CT molecular complexity index is 1750. The Morgan fingerprint density at radius 2 is 0.597 bits per heavy atom. The lowest BCUT2D eigenvalue weighted by Gasteiger charge is -2.58. The lowest BCUT2D eigenvalue weighted by molar-refractivity contribution is -0.272. The Kier molecular flexibility index (Phi) is 18.2. The third-order valence-corrected chi connectivity index (χ3v) is 23.3. The van der Waals surface area contributed by atoms with Gasteiger partial charge in [-0.3, -0.25) is 4.79 Å². The molecule has 14 saturated heterocycles. The Labute approximate surface area is 459 Å². The van der Waals surface area contributed by atoms with Crippen LogP contribution in [0.1, 0.15) is 239 Å². The molecule has 6 aliphatic carbocycles. The van der Waals surface area contributed by atoms with Crippen molar-refractivity contribution in [2.24, 2.45) is 35.5 Å². The van der Waals surface area contributed by atoms with Crippen molar-refractivity contribution in [2.45, 2.75) is 334 Å². The van der Waals surface area contributed by atoms with Gasteiger partial charge in [0.1, 0.15) is 17.1 Å². The van der Waals surface area contributed by atoms with Gasteiger partial charge in [0.15, 0.2) is 0 Å². The molecule has 20 fully saturated rings. The van der Waals surface area contributed by atoms with Gasteiger partial charge in [-0.25, -0.2) is 8.78 Å². The van der Waals surface area contributed by atoms with E-state index in [1.165, 1.54) is 177 Å². The zero-order valence-corrected chi connectivity index (χ0v) is 47.2. The number of halogens is 2. The molecule has 15 nitrogen and oxygen atoms in total. The molecule has 0 radical (unpaired) electrons. The topological polar surface area (TPSA) is 181 Å². The third kappa shape index (κ3) is 13.0. The predicted molar refractivity (Wildman–Crippen MR) is 285 cm³/mol. The van der Waals surface area contributed by atoms with Crippen LogP contribution in [0, 0.1) is 35.5 Å². The largest absolute Gasteiger partial charge is 0.313 e. The minimum Gasteiger partial charge on any atom is -0.313 e. The minimum absolute atomic E-state index is 0.0564. The Balaban J connectivity index is 0.0000000957.